The van der Waals surface area contributed by atoms with Crippen molar-refractivity contribution in [2.45, 2.75) is 19.4 Å². The molecule has 0 bridgehead atoms. The van der Waals surface area contributed by atoms with Gasteiger partial charge < -0.3 is 25.3 Å². The Labute approximate surface area is 220 Å². The second kappa shape index (κ2) is 11.2. The molecule has 0 atom stereocenters. The molecule has 37 heavy (non-hydrogen) atoms. The van der Waals surface area contributed by atoms with E-state index in [0.717, 1.165) is 33.6 Å². The predicted octanol–water partition coefficient (Wildman–Crippen LogP) is 3.65. The summed E-state index contributed by atoms with van der Waals surface area (Å²) in [5, 5.41) is 23.0. The van der Waals surface area contributed by atoms with Crippen molar-refractivity contribution in [2.75, 3.05) is 49.6 Å². The van der Waals surface area contributed by atoms with Gasteiger partial charge in [-0.25, -0.2) is 4.98 Å². The van der Waals surface area contributed by atoms with Crippen LogP contribution in [0, 0.1) is 0 Å². The van der Waals surface area contributed by atoms with E-state index < -0.39 is 6.04 Å². The molecular weight excluding hydrogens is 486 g/mol. The van der Waals surface area contributed by atoms with E-state index in [9.17, 15) is 15.0 Å². The summed E-state index contributed by atoms with van der Waals surface area (Å²) in [6.07, 6.45) is 0.907. The van der Waals surface area contributed by atoms with Gasteiger partial charge in [0.2, 0.25) is 5.95 Å². The van der Waals surface area contributed by atoms with Crippen LogP contribution in [0.15, 0.2) is 60.7 Å². The Bertz CT molecular complexity index is 1350. The Kier molecular flexibility index (Phi) is 7.64. The molecule has 3 N–H and O–H groups in total. The van der Waals surface area contributed by atoms with Crippen molar-refractivity contribution in [3.63, 3.8) is 0 Å². The molecule has 5 rings (SSSR count). The largest absolute Gasteiger partial charge is 0.394 e. The van der Waals surface area contributed by atoms with Crippen LogP contribution in [0.25, 0.3) is 21.3 Å². The van der Waals surface area contributed by atoms with E-state index in [1.54, 1.807) is 11.3 Å². The van der Waals surface area contributed by atoms with Gasteiger partial charge in [-0.3, -0.25) is 4.79 Å². The number of fused-ring (bicyclic) bond motifs is 1. The summed E-state index contributed by atoms with van der Waals surface area (Å²) in [6, 6.07) is 19.5. The highest BCUT2D eigenvalue weighted by atomic mass is 32.1. The molecule has 1 amide bonds. The monoisotopic (exact) mass is 517 g/mol. The van der Waals surface area contributed by atoms with Gasteiger partial charge in [0.25, 0.3) is 5.91 Å². The Hall–Kier alpha value is -3.53. The first-order valence-electron chi connectivity index (χ1n) is 12.6. The molecule has 192 valence electrons. The lowest BCUT2D eigenvalue weighted by Crippen LogP contribution is -2.49. The van der Waals surface area contributed by atoms with Gasteiger partial charge in [-0.05, 0) is 35.7 Å². The van der Waals surface area contributed by atoms with Crippen molar-refractivity contribution < 1.29 is 15.0 Å². The van der Waals surface area contributed by atoms with Crippen LogP contribution in [-0.2, 0) is 6.42 Å². The molecule has 1 fully saturated rings. The lowest BCUT2D eigenvalue weighted by Gasteiger charge is -2.36. The molecule has 2 aromatic carbocycles. The molecular formula is C28H31N5O3S. The maximum absolute atomic E-state index is 13.2. The average Bonchev–Trinajstić information content (AvgIpc) is 3.39. The number of amides is 1. The van der Waals surface area contributed by atoms with Gasteiger partial charge in [0, 0.05) is 36.6 Å². The standard InChI is InChI=1S/C28H31N5O3S/c1-2-23-16-24-25(30-28(31-26(24)37-23)29-22(17-34)18-35)32-12-14-33(15-13-32)27(36)21-10-8-20(9-11-21)19-6-4-3-5-7-19/h3-11,16,22,34-35H,2,12-15,17-18H2,1H3,(H,29,30,31). The van der Waals surface area contributed by atoms with E-state index in [2.05, 4.69) is 40.3 Å². The first-order chi connectivity index (χ1) is 18.1. The Morgan fingerprint density at radius 3 is 2.30 bits per heavy atom. The zero-order valence-corrected chi connectivity index (χ0v) is 21.6. The molecule has 0 radical (unpaired) electrons. The predicted molar refractivity (Wildman–Crippen MR) is 148 cm³/mol. The number of anilines is 2. The van der Waals surface area contributed by atoms with Crippen LogP contribution >= 0.6 is 11.3 Å². The first kappa shape index (κ1) is 25.1. The van der Waals surface area contributed by atoms with E-state index in [1.165, 1.54) is 4.88 Å². The SMILES string of the molecule is CCc1cc2c(N3CCN(C(=O)c4ccc(-c5ccccc5)cc4)CC3)nc(NC(CO)CO)nc2s1. The van der Waals surface area contributed by atoms with Crippen LogP contribution in [0.4, 0.5) is 11.8 Å². The molecule has 3 heterocycles. The number of aliphatic hydroxyl groups excluding tert-OH is 2. The van der Waals surface area contributed by atoms with E-state index in [1.807, 2.05) is 47.4 Å². The van der Waals surface area contributed by atoms with E-state index >= 15 is 0 Å². The van der Waals surface area contributed by atoms with Crippen molar-refractivity contribution >= 4 is 39.2 Å². The molecule has 0 spiro atoms. The number of thiophene rings is 1. The second-order valence-corrected chi connectivity index (χ2v) is 10.2. The number of nitrogens with zero attached hydrogens (tertiary/aromatic N) is 4. The van der Waals surface area contributed by atoms with Crippen LogP contribution in [0.1, 0.15) is 22.2 Å². The van der Waals surface area contributed by atoms with Gasteiger partial charge in [-0.15, -0.1) is 11.3 Å². The van der Waals surface area contributed by atoms with Crippen molar-refractivity contribution in [1.82, 2.24) is 14.9 Å². The molecule has 9 heteroatoms. The van der Waals surface area contributed by atoms with Gasteiger partial charge >= 0.3 is 0 Å². The number of aromatic nitrogens is 2. The molecule has 1 aliphatic heterocycles. The molecule has 8 nitrogen and oxygen atoms in total. The first-order valence-corrected chi connectivity index (χ1v) is 13.4. The maximum Gasteiger partial charge on any atom is 0.253 e. The van der Waals surface area contributed by atoms with Gasteiger partial charge in [0.15, 0.2) is 0 Å². The lowest BCUT2D eigenvalue weighted by molar-refractivity contribution is 0.0746. The zero-order valence-electron chi connectivity index (χ0n) is 20.8. The third kappa shape index (κ3) is 5.44. The summed E-state index contributed by atoms with van der Waals surface area (Å²) in [7, 11) is 0. The quantitative estimate of drug-likeness (QED) is 0.328. The van der Waals surface area contributed by atoms with Crippen molar-refractivity contribution in [3.8, 4) is 11.1 Å². The zero-order chi connectivity index (χ0) is 25.8. The lowest BCUT2D eigenvalue weighted by atomic mass is 10.0. The van der Waals surface area contributed by atoms with E-state index in [-0.39, 0.29) is 19.1 Å². The number of carbonyl (C=O) groups is 1. The minimum absolute atomic E-state index is 0.0342. The Morgan fingerprint density at radius 1 is 0.973 bits per heavy atom. The number of carbonyl (C=O) groups excluding carboxylic acids is 1. The molecule has 1 aliphatic rings. The molecule has 0 aliphatic carbocycles. The van der Waals surface area contributed by atoms with Crippen LogP contribution in [0.2, 0.25) is 0 Å². The fourth-order valence-corrected chi connectivity index (χ4v) is 5.47. The summed E-state index contributed by atoms with van der Waals surface area (Å²) in [5.41, 5.74) is 2.91. The summed E-state index contributed by atoms with van der Waals surface area (Å²) in [6.45, 7) is 4.17. The minimum Gasteiger partial charge on any atom is -0.394 e. The summed E-state index contributed by atoms with van der Waals surface area (Å²) in [5.74, 6) is 1.24. The smallest absolute Gasteiger partial charge is 0.253 e. The highest BCUT2D eigenvalue weighted by molar-refractivity contribution is 7.18. The van der Waals surface area contributed by atoms with Crippen molar-refractivity contribution in [1.29, 1.82) is 0 Å². The fraction of sp³-hybridized carbons (Fsp3) is 0.321. The fourth-order valence-electron chi connectivity index (χ4n) is 4.51. The van der Waals surface area contributed by atoms with E-state index in [0.29, 0.717) is 37.7 Å². The summed E-state index contributed by atoms with van der Waals surface area (Å²) >= 11 is 1.63. The number of benzene rings is 2. The average molecular weight is 518 g/mol. The molecule has 2 aromatic heterocycles. The van der Waals surface area contributed by atoms with Crippen LogP contribution < -0.4 is 10.2 Å². The highest BCUT2D eigenvalue weighted by Gasteiger charge is 2.25. The van der Waals surface area contributed by atoms with Crippen molar-refractivity contribution in [3.05, 3.63) is 71.1 Å². The topological polar surface area (TPSA) is 102 Å². The summed E-state index contributed by atoms with van der Waals surface area (Å²) < 4.78 is 0. The third-order valence-corrected chi connectivity index (χ3v) is 7.82. The van der Waals surface area contributed by atoms with Gasteiger partial charge in [0.1, 0.15) is 10.6 Å². The second-order valence-electron chi connectivity index (χ2n) is 9.08. The molecule has 0 unspecified atom stereocenters. The minimum atomic E-state index is -0.529. The number of rotatable bonds is 8. The molecule has 0 saturated carbocycles. The van der Waals surface area contributed by atoms with Gasteiger partial charge in [-0.2, -0.15) is 4.98 Å². The number of aryl methyl sites for hydroxylation is 1. The number of hydrogen-bond acceptors (Lipinski definition) is 8. The van der Waals surface area contributed by atoms with Crippen molar-refractivity contribution in [2.24, 2.45) is 0 Å². The number of nitrogens with one attached hydrogen (secondary N) is 1. The number of aliphatic hydroxyl groups is 2. The van der Waals surface area contributed by atoms with E-state index in [4.69, 9.17) is 4.98 Å². The van der Waals surface area contributed by atoms with Crippen LogP contribution in [0.5, 0.6) is 0 Å². The van der Waals surface area contributed by atoms with Gasteiger partial charge in [0.05, 0.1) is 24.6 Å². The van der Waals surface area contributed by atoms with Crippen LogP contribution in [0.3, 0.4) is 0 Å². The van der Waals surface area contributed by atoms with Gasteiger partial charge in [-0.1, -0.05) is 49.4 Å². The molecule has 1 saturated heterocycles. The number of piperazine rings is 1. The third-order valence-electron chi connectivity index (χ3n) is 6.65. The number of hydrogen-bond donors (Lipinski definition) is 3. The summed E-state index contributed by atoms with van der Waals surface area (Å²) in [4.78, 5) is 28.8. The Balaban J connectivity index is 1.31. The Morgan fingerprint density at radius 2 is 1.65 bits per heavy atom. The normalized spacial score (nSPS) is 13.9. The highest BCUT2D eigenvalue weighted by Crippen LogP contribution is 2.33. The molecule has 4 aromatic rings. The van der Waals surface area contributed by atoms with Crippen LogP contribution in [-0.4, -0.2) is 76.4 Å². The maximum atomic E-state index is 13.2.